The van der Waals surface area contributed by atoms with Gasteiger partial charge >= 0.3 is 5.97 Å². The second-order valence-corrected chi connectivity index (χ2v) is 7.39. The standard InChI is InChI=1S/C19H30O5/c1-13(8-6-7-9-17(22)24-19(3,4)5)12-14(2)18-15(20)10-11-16(21)23-18/h10-13,16,18,21H,6-9H2,1-5H3/b14-12+/t13-,16?,18+/m1/s1. The molecule has 1 heterocycles. The molecule has 1 N–H and O–H groups in total. The quantitative estimate of drug-likeness (QED) is 0.438. The number of hydrogen-bond acceptors (Lipinski definition) is 5. The van der Waals surface area contributed by atoms with E-state index in [9.17, 15) is 14.7 Å². The van der Waals surface area contributed by atoms with Gasteiger partial charge in [-0.15, -0.1) is 0 Å². The fourth-order valence-corrected chi connectivity index (χ4v) is 2.60. The molecule has 0 aliphatic carbocycles. The van der Waals surface area contributed by atoms with Gasteiger partial charge in [0.15, 0.2) is 12.1 Å². The third kappa shape index (κ3) is 7.88. The van der Waals surface area contributed by atoms with Crippen LogP contribution in [0.2, 0.25) is 0 Å². The van der Waals surface area contributed by atoms with Crippen molar-refractivity contribution in [2.75, 3.05) is 0 Å². The van der Waals surface area contributed by atoms with E-state index in [1.165, 1.54) is 12.2 Å². The molecule has 0 saturated carbocycles. The highest BCUT2D eigenvalue weighted by Gasteiger charge is 2.25. The van der Waals surface area contributed by atoms with Crippen molar-refractivity contribution in [3.8, 4) is 0 Å². The SMILES string of the molecule is C/C(=C\[C@H](C)CCCCC(=O)OC(C)(C)C)[C@@H]1OC(O)C=CC1=O. The highest BCUT2D eigenvalue weighted by molar-refractivity contribution is 5.96. The van der Waals surface area contributed by atoms with Crippen LogP contribution in [0.15, 0.2) is 23.8 Å². The molecule has 0 saturated heterocycles. The maximum atomic E-state index is 11.8. The lowest BCUT2D eigenvalue weighted by atomic mass is 9.96. The van der Waals surface area contributed by atoms with Gasteiger partial charge in [0.05, 0.1) is 0 Å². The summed E-state index contributed by atoms with van der Waals surface area (Å²) < 4.78 is 10.5. The fourth-order valence-electron chi connectivity index (χ4n) is 2.60. The summed E-state index contributed by atoms with van der Waals surface area (Å²) >= 11 is 0. The Bertz CT molecular complexity index is 498. The van der Waals surface area contributed by atoms with Crippen molar-refractivity contribution in [3.63, 3.8) is 0 Å². The molecule has 0 bridgehead atoms. The highest BCUT2D eigenvalue weighted by atomic mass is 16.6. The lowest BCUT2D eigenvalue weighted by Gasteiger charge is -2.23. The van der Waals surface area contributed by atoms with Crippen molar-refractivity contribution in [3.05, 3.63) is 23.8 Å². The molecular formula is C19H30O5. The predicted molar refractivity (Wildman–Crippen MR) is 92.3 cm³/mol. The molecule has 0 amide bonds. The third-order valence-electron chi connectivity index (χ3n) is 3.63. The monoisotopic (exact) mass is 338 g/mol. The van der Waals surface area contributed by atoms with Gasteiger partial charge in [0.25, 0.3) is 0 Å². The second kappa shape index (κ2) is 9.14. The second-order valence-electron chi connectivity index (χ2n) is 7.39. The topological polar surface area (TPSA) is 72.8 Å². The molecule has 1 unspecified atom stereocenters. The van der Waals surface area contributed by atoms with Crippen LogP contribution in [0.25, 0.3) is 0 Å². The van der Waals surface area contributed by atoms with Crippen LogP contribution in [0.5, 0.6) is 0 Å². The Kier molecular flexibility index (Phi) is 7.84. The number of aliphatic hydroxyl groups is 1. The van der Waals surface area contributed by atoms with Crippen molar-refractivity contribution in [1.29, 1.82) is 0 Å². The van der Waals surface area contributed by atoms with E-state index in [-0.39, 0.29) is 17.7 Å². The number of carbonyl (C=O) groups is 2. The molecule has 0 radical (unpaired) electrons. The number of rotatable bonds is 7. The Morgan fingerprint density at radius 1 is 1.42 bits per heavy atom. The van der Waals surface area contributed by atoms with Gasteiger partial charge in [-0.25, -0.2) is 0 Å². The Labute approximate surface area is 144 Å². The minimum atomic E-state index is -1.03. The molecule has 136 valence electrons. The Hall–Kier alpha value is -1.46. The zero-order chi connectivity index (χ0) is 18.3. The molecule has 5 nitrogen and oxygen atoms in total. The van der Waals surface area contributed by atoms with Gasteiger partial charge in [0.2, 0.25) is 0 Å². The average Bonchev–Trinajstić information content (AvgIpc) is 2.44. The molecule has 0 spiro atoms. The van der Waals surface area contributed by atoms with Crippen LogP contribution in [0.1, 0.15) is 60.3 Å². The van der Waals surface area contributed by atoms with E-state index in [1.807, 2.05) is 33.8 Å². The van der Waals surface area contributed by atoms with Crippen LogP contribution in [0, 0.1) is 5.92 Å². The molecule has 1 aliphatic rings. The van der Waals surface area contributed by atoms with Crippen LogP contribution < -0.4 is 0 Å². The number of hydrogen-bond donors (Lipinski definition) is 1. The largest absolute Gasteiger partial charge is 0.460 e. The summed E-state index contributed by atoms with van der Waals surface area (Å²) in [7, 11) is 0. The van der Waals surface area contributed by atoms with Gasteiger partial charge in [0, 0.05) is 6.42 Å². The van der Waals surface area contributed by atoms with Crippen molar-refractivity contribution in [2.45, 2.75) is 78.3 Å². The van der Waals surface area contributed by atoms with Crippen LogP contribution in [0.3, 0.4) is 0 Å². The lowest BCUT2D eigenvalue weighted by Crippen LogP contribution is -2.32. The summed E-state index contributed by atoms with van der Waals surface area (Å²) in [6.07, 6.45) is 6.01. The molecular weight excluding hydrogens is 308 g/mol. The van der Waals surface area contributed by atoms with E-state index >= 15 is 0 Å². The number of ether oxygens (including phenoxy) is 2. The first-order chi connectivity index (χ1) is 11.1. The maximum absolute atomic E-state index is 11.8. The highest BCUT2D eigenvalue weighted by Crippen LogP contribution is 2.20. The van der Waals surface area contributed by atoms with E-state index in [0.717, 1.165) is 24.8 Å². The number of allylic oxidation sites excluding steroid dienone is 1. The fraction of sp³-hybridized carbons (Fsp3) is 0.684. The zero-order valence-corrected chi connectivity index (χ0v) is 15.4. The number of aliphatic hydroxyl groups excluding tert-OH is 1. The molecule has 24 heavy (non-hydrogen) atoms. The van der Waals surface area contributed by atoms with Crippen molar-refractivity contribution in [1.82, 2.24) is 0 Å². The number of unbranched alkanes of at least 4 members (excludes halogenated alkanes) is 1. The average molecular weight is 338 g/mol. The van der Waals surface area contributed by atoms with Crippen LogP contribution in [-0.2, 0) is 19.1 Å². The van der Waals surface area contributed by atoms with Gasteiger partial charge in [-0.3, -0.25) is 9.59 Å². The Morgan fingerprint density at radius 3 is 2.71 bits per heavy atom. The predicted octanol–water partition coefficient (Wildman–Crippen LogP) is 3.31. The normalized spacial score (nSPS) is 23.2. The van der Waals surface area contributed by atoms with Crippen LogP contribution in [-0.4, -0.2) is 34.9 Å². The number of ketones is 1. The van der Waals surface area contributed by atoms with Gasteiger partial charge < -0.3 is 14.6 Å². The van der Waals surface area contributed by atoms with Gasteiger partial charge in [-0.1, -0.05) is 19.4 Å². The van der Waals surface area contributed by atoms with Gasteiger partial charge in [-0.2, -0.15) is 0 Å². The summed E-state index contributed by atoms with van der Waals surface area (Å²) in [5, 5.41) is 9.45. The summed E-state index contributed by atoms with van der Waals surface area (Å²) in [4.78, 5) is 23.4. The zero-order valence-electron chi connectivity index (χ0n) is 15.4. The maximum Gasteiger partial charge on any atom is 0.306 e. The minimum absolute atomic E-state index is 0.147. The molecule has 0 aromatic rings. The van der Waals surface area contributed by atoms with Crippen LogP contribution >= 0.6 is 0 Å². The molecule has 0 aromatic carbocycles. The van der Waals surface area contributed by atoms with E-state index in [0.29, 0.717) is 6.42 Å². The number of carbonyl (C=O) groups excluding carboxylic acids is 2. The summed E-state index contributed by atoms with van der Waals surface area (Å²) in [5.41, 5.74) is 0.374. The van der Waals surface area contributed by atoms with Gasteiger partial charge in [0.1, 0.15) is 11.7 Å². The summed E-state index contributed by atoms with van der Waals surface area (Å²) in [6, 6.07) is 0. The van der Waals surface area contributed by atoms with Crippen molar-refractivity contribution < 1.29 is 24.2 Å². The molecule has 5 heteroatoms. The van der Waals surface area contributed by atoms with Gasteiger partial charge in [-0.05, 0) is 64.2 Å². The Morgan fingerprint density at radius 2 is 2.08 bits per heavy atom. The van der Waals surface area contributed by atoms with Crippen LogP contribution in [0.4, 0.5) is 0 Å². The number of esters is 1. The van der Waals surface area contributed by atoms with E-state index < -0.39 is 18.0 Å². The first-order valence-corrected chi connectivity index (χ1v) is 8.54. The molecule has 1 aliphatic heterocycles. The summed E-state index contributed by atoms with van der Waals surface area (Å²) in [5.74, 6) is -0.0434. The lowest BCUT2D eigenvalue weighted by molar-refractivity contribution is -0.154. The van der Waals surface area contributed by atoms with E-state index in [4.69, 9.17) is 9.47 Å². The molecule has 3 atom stereocenters. The van der Waals surface area contributed by atoms with Crippen molar-refractivity contribution in [2.24, 2.45) is 5.92 Å². The first-order valence-electron chi connectivity index (χ1n) is 8.54. The smallest absolute Gasteiger partial charge is 0.306 e. The van der Waals surface area contributed by atoms with E-state index in [1.54, 1.807) is 0 Å². The molecule has 0 aromatic heterocycles. The molecule has 0 fully saturated rings. The summed E-state index contributed by atoms with van der Waals surface area (Å²) in [6.45, 7) is 9.49. The Balaban J connectivity index is 2.35. The minimum Gasteiger partial charge on any atom is -0.460 e. The van der Waals surface area contributed by atoms with Crippen molar-refractivity contribution >= 4 is 11.8 Å². The first kappa shape index (κ1) is 20.6. The molecule has 1 rings (SSSR count). The third-order valence-corrected chi connectivity index (χ3v) is 3.63. The van der Waals surface area contributed by atoms with E-state index in [2.05, 4.69) is 6.92 Å².